The normalized spacial score (nSPS) is 18.7. The van der Waals surface area contributed by atoms with Crippen molar-refractivity contribution in [3.63, 3.8) is 0 Å². The quantitative estimate of drug-likeness (QED) is 0.797. The van der Waals surface area contributed by atoms with Crippen LogP contribution in [0, 0.1) is 5.82 Å². The maximum atomic E-state index is 14.1. The molecule has 1 fully saturated rings. The first-order chi connectivity index (χ1) is 12.1. The summed E-state index contributed by atoms with van der Waals surface area (Å²) in [5, 5.41) is 4.94. The molecule has 3 heterocycles. The van der Waals surface area contributed by atoms with E-state index in [1.807, 2.05) is 24.0 Å². The van der Waals surface area contributed by atoms with Gasteiger partial charge in [-0.25, -0.2) is 4.39 Å². The molecule has 5 nitrogen and oxygen atoms in total. The summed E-state index contributed by atoms with van der Waals surface area (Å²) >= 11 is 0. The third-order valence-electron chi connectivity index (χ3n) is 4.93. The van der Waals surface area contributed by atoms with Crippen molar-refractivity contribution < 1.29 is 4.39 Å². The number of hydrogen-bond donors (Lipinski definition) is 1. The third kappa shape index (κ3) is 3.09. The van der Waals surface area contributed by atoms with Crippen molar-refractivity contribution in [1.82, 2.24) is 19.7 Å². The molecule has 1 unspecified atom stereocenters. The van der Waals surface area contributed by atoms with Crippen LogP contribution in [0.2, 0.25) is 0 Å². The number of para-hydroxylation sites is 1. The zero-order valence-corrected chi connectivity index (χ0v) is 14.2. The summed E-state index contributed by atoms with van der Waals surface area (Å²) in [5.74, 6) is -0.392. The average Bonchev–Trinajstić information content (AvgIpc) is 3.03. The first-order valence-electron chi connectivity index (χ1n) is 8.66. The second kappa shape index (κ2) is 6.44. The summed E-state index contributed by atoms with van der Waals surface area (Å²) < 4.78 is 15.9. The molecular weight excluding hydrogens is 319 g/mol. The SMILES string of the molecule is Cn1ccc(C2CCCCN2Cc2cc(=O)c3cccc(F)c3[nH]2)n1. The van der Waals surface area contributed by atoms with Gasteiger partial charge in [0.15, 0.2) is 5.43 Å². The average molecular weight is 340 g/mol. The molecule has 3 aromatic rings. The largest absolute Gasteiger partial charge is 0.355 e. The van der Waals surface area contributed by atoms with Gasteiger partial charge in [0.25, 0.3) is 0 Å². The molecule has 6 heteroatoms. The molecular formula is C19H21FN4O. The second-order valence-corrected chi connectivity index (χ2v) is 6.72. The number of hydrogen-bond acceptors (Lipinski definition) is 3. The summed E-state index contributed by atoms with van der Waals surface area (Å²) in [6.45, 7) is 1.53. The third-order valence-corrected chi connectivity index (χ3v) is 4.93. The Morgan fingerprint density at radius 3 is 3.00 bits per heavy atom. The molecule has 1 N–H and O–H groups in total. The number of aromatic nitrogens is 3. The smallest absolute Gasteiger partial charge is 0.189 e. The predicted octanol–water partition coefficient (Wildman–Crippen LogP) is 3.13. The lowest BCUT2D eigenvalue weighted by atomic mass is 9.99. The van der Waals surface area contributed by atoms with Crippen molar-refractivity contribution in [2.24, 2.45) is 7.05 Å². The van der Waals surface area contributed by atoms with Gasteiger partial charge in [-0.3, -0.25) is 14.4 Å². The number of aryl methyl sites for hydroxylation is 1. The number of pyridine rings is 1. The van der Waals surface area contributed by atoms with Gasteiger partial charge < -0.3 is 4.98 Å². The van der Waals surface area contributed by atoms with Gasteiger partial charge in [0, 0.05) is 36.9 Å². The van der Waals surface area contributed by atoms with Gasteiger partial charge in [-0.2, -0.15) is 5.10 Å². The van der Waals surface area contributed by atoms with E-state index in [2.05, 4.69) is 15.0 Å². The van der Waals surface area contributed by atoms with Crippen molar-refractivity contribution in [2.45, 2.75) is 31.8 Å². The van der Waals surface area contributed by atoms with Crippen LogP contribution >= 0.6 is 0 Å². The molecule has 0 radical (unpaired) electrons. The summed E-state index contributed by atoms with van der Waals surface area (Å²) in [4.78, 5) is 17.8. The van der Waals surface area contributed by atoms with Crippen LogP contribution in [-0.4, -0.2) is 26.2 Å². The number of aromatic amines is 1. The molecule has 0 saturated carbocycles. The number of nitrogens with one attached hydrogen (secondary N) is 1. The number of rotatable bonds is 3. The molecule has 1 aliphatic heterocycles. The fourth-order valence-electron chi connectivity index (χ4n) is 3.72. The van der Waals surface area contributed by atoms with Gasteiger partial charge in [-0.1, -0.05) is 12.5 Å². The Kier molecular flexibility index (Phi) is 4.13. The highest BCUT2D eigenvalue weighted by molar-refractivity contribution is 5.78. The van der Waals surface area contributed by atoms with Crippen LogP contribution in [0.1, 0.15) is 36.7 Å². The summed E-state index contributed by atoms with van der Waals surface area (Å²) in [5.41, 5.74) is 1.94. The van der Waals surface area contributed by atoms with Crippen molar-refractivity contribution >= 4 is 10.9 Å². The van der Waals surface area contributed by atoms with Gasteiger partial charge in [0.1, 0.15) is 5.82 Å². The van der Waals surface area contributed by atoms with Crippen LogP contribution in [0.25, 0.3) is 10.9 Å². The molecule has 2 aromatic heterocycles. The van der Waals surface area contributed by atoms with E-state index in [0.29, 0.717) is 11.9 Å². The zero-order valence-electron chi connectivity index (χ0n) is 14.2. The maximum Gasteiger partial charge on any atom is 0.189 e. The van der Waals surface area contributed by atoms with Crippen LogP contribution in [0.15, 0.2) is 41.3 Å². The molecule has 1 aromatic carbocycles. The fourth-order valence-corrected chi connectivity index (χ4v) is 3.72. The molecule has 130 valence electrons. The lowest BCUT2D eigenvalue weighted by Crippen LogP contribution is -2.33. The highest BCUT2D eigenvalue weighted by Crippen LogP contribution is 2.31. The minimum Gasteiger partial charge on any atom is -0.355 e. The molecule has 0 aliphatic carbocycles. The van der Waals surface area contributed by atoms with E-state index in [1.54, 1.807) is 18.2 Å². The van der Waals surface area contributed by atoms with E-state index in [0.717, 1.165) is 30.8 Å². The molecule has 1 atom stereocenters. The Morgan fingerprint density at radius 1 is 1.32 bits per heavy atom. The molecule has 1 saturated heterocycles. The van der Waals surface area contributed by atoms with Gasteiger partial charge in [0.05, 0.1) is 17.3 Å². The molecule has 4 rings (SSSR count). The highest BCUT2D eigenvalue weighted by atomic mass is 19.1. The van der Waals surface area contributed by atoms with Crippen LogP contribution < -0.4 is 5.43 Å². The van der Waals surface area contributed by atoms with Crippen molar-refractivity contribution in [2.75, 3.05) is 6.54 Å². The standard InChI is InChI=1S/C19H21FN4O/c1-23-10-8-16(22-23)17-7-2-3-9-24(17)12-13-11-18(25)14-5-4-6-15(20)19(14)21-13/h4-6,8,10-11,17H,2-3,7,9,12H2,1H3,(H,21,25). The Balaban J connectivity index is 1.67. The lowest BCUT2D eigenvalue weighted by molar-refractivity contribution is 0.135. The molecule has 1 aliphatic rings. The number of fused-ring (bicyclic) bond motifs is 1. The fraction of sp³-hybridized carbons (Fsp3) is 0.368. The van der Waals surface area contributed by atoms with Crippen molar-refractivity contribution in [1.29, 1.82) is 0 Å². The number of H-pyrrole nitrogens is 1. The van der Waals surface area contributed by atoms with Crippen LogP contribution in [0.3, 0.4) is 0 Å². The van der Waals surface area contributed by atoms with Crippen molar-refractivity contribution in [3.05, 3.63) is 64.0 Å². The monoisotopic (exact) mass is 340 g/mol. The van der Waals surface area contributed by atoms with Crippen molar-refractivity contribution in [3.8, 4) is 0 Å². The van der Waals surface area contributed by atoms with E-state index in [-0.39, 0.29) is 17.0 Å². The molecule has 0 spiro atoms. The van der Waals surface area contributed by atoms with E-state index in [4.69, 9.17) is 0 Å². The first-order valence-corrected chi connectivity index (χ1v) is 8.66. The maximum absolute atomic E-state index is 14.1. The van der Waals surface area contributed by atoms with Gasteiger partial charge >= 0.3 is 0 Å². The zero-order chi connectivity index (χ0) is 17.4. The number of likely N-dealkylation sites (tertiary alicyclic amines) is 1. The Bertz CT molecular complexity index is 961. The topological polar surface area (TPSA) is 53.9 Å². The van der Waals surface area contributed by atoms with Crippen LogP contribution in [-0.2, 0) is 13.6 Å². The van der Waals surface area contributed by atoms with E-state index < -0.39 is 5.82 Å². The number of piperidine rings is 1. The van der Waals surface area contributed by atoms with Crippen LogP contribution in [0.5, 0.6) is 0 Å². The number of nitrogens with zero attached hydrogens (tertiary/aromatic N) is 3. The molecule has 0 bridgehead atoms. The lowest BCUT2D eigenvalue weighted by Gasteiger charge is -2.34. The number of benzene rings is 1. The Hall–Kier alpha value is -2.47. The molecule has 0 amide bonds. The summed E-state index contributed by atoms with van der Waals surface area (Å²) in [6, 6.07) is 8.46. The Labute approximate surface area is 145 Å². The minimum atomic E-state index is -0.392. The van der Waals surface area contributed by atoms with Gasteiger partial charge in [0.2, 0.25) is 0 Å². The minimum absolute atomic E-state index is 0.144. The highest BCUT2D eigenvalue weighted by Gasteiger charge is 2.26. The van der Waals surface area contributed by atoms with Crippen LogP contribution in [0.4, 0.5) is 4.39 Å². The summed E-state index contributed by atoms with van der Waals surface area (Å²) in [6.07, 6.45) is 5.29. The molecule has 25 heavy (non-hydrogen) atoms. The Morgan fingerprint density at radius 2 is 2.20 bits per heavy atom. The van der Waals surface area contributed by atoms with Gasteiger partial charge in [-0.05, 0) is 37.6 Å². The number of halogens is 1. The van der Waals surface area contributed by atoms with E-state index in [1.165, 1.54) is 12.5 Å². The van der Waals surface area contributed by atoms with E-state index in [9.17, 15) is 9.18 Å². The van der Waals surface area contributed by atoms with E-state index >= 15 is 0 Å². The first kappa shape index (κ1) is 16.0. The predicted molar refractivity (Wildman–Crippen MR) is 94.7 cm³/mol. The van der Waals surface area contributed by atoms with Gasteiger partial charge in [-0.15, -0.1) is 0 Å². The summed E-state index contributed by atoms with van der Waals surface area (Å²) in [7, 11) is 1.92. The second-order valence-electron chi connectivity index (χ2n) is 6.72.